The van der Waals surface area contributed by atoms with Gasteiger partial charge in [-0.1, -0.05) is 42.5 Å². The Morgan fingerprint density at radius 1 is 1.00 bits per heavy atom. The number of aromatic hydroxyl groups is 1. The standard InChI is InChI=1S/C15H17NO.ClH/c1-16-15(11-12-5-3-2-4-6-12)13-7-9-14(17)10-8-13;/h2-10,15-17H,11H2,1H3;1H. The van der Waals surface area contributed by atoms with E-state index in [0.717, 1.165) is 6.42 Å². The summed E-state index contributed by atoms with van der Waals surface area (Å²) in [4.78, 5) is 0. The van der Waals surface area contributed by atoms with Crippen LogP contribution in [0.1, 0.15) is 17.2 Å². The van der Waals surface area contributed by atoms with E-state index in [-0.39, 0.29) is 18.4 Å². The zero-order valence-electron chi connectivity index (χ0n) is 10.3. The lowest BCUT2D eigenvalue weighted by Gasteiger charge is -2.16. The van der Waals surface area contributed by atoms with Crippen molar-refractivity contribution in [2.75, 3.05) is 7.05 Å². The molecule has 2 N–H and O–H groups in total. The Labute approximate surface area is 114 Å². The zero-order chi connectivity index (χ0) is 12.1. The minimum Gasteiger partial charge on any atom is -0.508 e. The van der Waals surface area contributed by atoms with Crippen LogP contribution in [-0.4, -0.2) is 12.2 Å². The molecule has 0 fully saturated rings. The number of halogens is 1. The van der Waals surface area contributed by atoms with Crippen LogP contribution in [0.4, 0.5) is 0 Å². The Balaban J connectivity index is 0.00000162. The topological polar surface area (TPSA) is 32.3 Å². The van der Waals surface area contributed by atoms with Gasteiger partial charge < -0.3 is 10.4 Å². The predicted octanol–water partition coefficient (Wildman–Crippen LogP) is 3.32. The van der Waals surface area contributed by atoms with E-state index < -0.39 is 0 Å². The molecule has 0 spiro atoms. The minimum atomic E-state index is 0. The summed E-state index contributed by atoms with van der Waals surface area (Å²) in [6.45, 7) is 0. The summed E-state index contributed by atoms with van der Waals surface area (Å²) in [5, 5.41) is 12.6. The molecule has 0 amide bonds. The first-order valence-corrected chi connectivity index (χ1v) is 5.79. The van der Waals surface area contributed by atoms with Crippen LogP contribution in [0.25, 0.3) is 0 Å². The maximum atomic E-state index is 9.28. The molecule has 96 valence electrons. The first kappa shape index (κ1) is 14.6. The van der Waals surface area contributed by atoms with Gasteiger partial charge in [-0.05, 0) is 36.7 Å². The lowest BCUT2D eigenvalue weighted by molar-refractivity contribution is 0.474. The van der Waals surface area contributed by atoms with Crippen LogP contribution in [0.15, 0.2) is 54.6 Å². The maximum absolute atomic E-state index is 9.28. The molecule has 0 aliphatic rings. The molecular formula is C15H18ClNO. The van der Waals surface area contributed by atoms with Gasteiger partial charge in [0.25, 0.3) is 0 Å². The van der Waals surface area contributed by atoms with E-state index in [0.29, 0.717) is 5.75 Å². The van der Waals surface area contributed by atoms with Crippen molar-refractivity contribution in [3.63, 3.8) is 0 Å². The quantitative estimate of drug-likeness (QED) is 0.887. The first-order chi connectivity index (χ1) is 8.29. The number of likely N-dealkylation sites (N-methyl/N-ethyl adjacent to an activating group) is 1. The Morgan fingerprint density at radius 3 is 2.17 bits per heavy atom. The number of hydrogen-bond acceptors (Lipinski definition) is 2. The van der Waals surface area contributed by atoms with E-state index in [1.807, 2.05) is 25.2 Å². The number of phenolic OH excluding ortho intramolecular Hbond substituents is 1. The lowest BCUT2D eigenvalue weighted by atomic mass is 9.99. The van der Waals surface area contributed by atoms with E-state index in [1.165, 1.54) is 11.1 Å². The Morgan fingerprint density at radius 2 is 1.61 bits per heavy atom. The van der Waals surface area contributed by atoms with Crippen LogP contribution in [0, 0.1) is 0 Å². The van der Waals surface area contributed by atoms with E-state index in [1.54, 1.807) is 12.1 Å². The van der Waals surface area contributed by atoms with E-state index in [4.69, 9.17) is 0 Å². The molecular weight excluding hydrogens is 246 g/mol. The molecule has 0 radical (unpaired) electrons. The van der Waals surface area contributed by atoms with Crippen molar-refractivity contribution in [3.8, 4) is 5.75 Å². The number of rotatable bonds is 4. The fourth-order valence-corrected chi connectivity index (χ4v) is 1.94. The van der Waals surface area contributed by atoms with Crippen LogP contribution < -0.4 is 5.32 Å². The molecule has 3 heteroatoms. The SMILES string of the molecule is CNC(Cc1ccccc1)c1ccc(O)cc1.Cl. The van der Waals surface area contributed by atoms with Gasteiger partial charge >= 0.3 is 0 Å². The highest BCUT2D eigenvalue weighted by atomic mass is 35.5. The molecule has 2 aromatic carbocycles. The average molecular weight is 264 g/mol. The third-order valence-electron chi connectivity index (χ3n) is 2.93. The van der Waals surface area contributed by atoms with Gasteiger partial charge in [0, 0.05) is 6.04 Å². The van der Waals surface area contributed by atoms with Gasteiger partial charge in [-0.3, -0.25) is 0 Å². The molecule has 0 heterocycles. The monoisotopic (exact) mass is 263 g/mol. The minimum absolute atomic E-state index is 0. The average Bonchev–Trinajstić information content (AvgIpc) is 2.38. The molecule has 0 aliphatic carbocycles. The highest BCUT2D eigenvalue weighted by Gasteiger charge is 2.09. The normalized spacial score (nSPS) is 11.6. The number of nitrogens with one attached hydrogen (secondary N) is 1. The summed E-state index contributed by atoms with van der Waals surface area (Å²) in [5.74, 6) is 0.309. The van der Waals surface area contributed by atoms with Gasteiger partial charge in [0.05, 0.1) is 0 Å². The summed E-state index contributed by atoms with van der Waals surface area (Å²) in [7, 11) is 1.96. The molecule has 1 atom stereocenters. The molecule has 0 bridgehead atoms. The lowest BCUT2D eigenvalue weighted by Crippen LogP contribution is -2.18. The fourth-order valence-electron chi connectivity index (χ4n) is 1.94. The van der Waals surface area contributed by atoms with Crippen LogP contribution >= 0.6 is 12.4 Å². The van der Waals surface area contributed by atoms with Crippen LogP contribution in [0.5, 0.6) is 5.75 Å². The van der Waals surface area contributed by atoms with Gasteiger partial charge in [0.1, 0.15) is 5.75 Å². The number of phenols is 1. The highest BCUT2D eigenvalue weighted by molar-refractivity contribution is 5.85. The molecule has 0 saturated carbocycles. The van der Waals surface area contributed by atoms with Crippen LogP contribution in [0.3, 0.4) is 0 Å². The van der Waals surface area contributed by atoms with Crippen molar-refractivity contribution in [3.05, 3.63) is 65.7 Å². The fraction of sp³-hybridized carbons (Fsp3) is 0.200. The third kappa shape index (κ3) is 3.76. The molecule has 0 aliphatic heterocycles. The van der Waals surface area contributed by atoms with Crippen molar-refractivity contribution in [2.45, 2.75) is 12.5 Å². The van der Waals surface area contributed by atoms with Crippen molar-refractivity contribution < 1.29 is 5.11 Å². The van der Waals surface area contributed by atoms with Crippen LogP contribution in [-0.2, 0) is 6.42 Å². The van der Waals surface area contributed by atoms with Gasteiger partial charge in [0.15, 0.2) is 0 Å². The van der Waals surface area contributed by atoms with Gasteiger partial charge in [-0.2, -0.15) is 0 Å². The summed E-state index contributed by atoms with van der Waals surface area (Å²) in [6, 6.07) is 18.0. The zero-order valence-corrected chi connectivity index (χ0v) is 11.2. The molecule has 0 saturated heterocycles. The second-order valence-electron chi connectivity index (χ2n) is 4.12. The van der Waals surface area contributed by atoms with E-state index in [9.17, 15) is 5.11 Å². The molecule has 0 aromatic heterocycles. The molecule has 2 aromatic rings. The number of hydrogen-bond donors (Lipinski definition) is 2. The van der Waals surface area contributed by atoms with E-state index in [2.05, 4.69) is 29.6 Å². The maximum Gasteiger partial charge on any atom is 0.115 e. The van der Waals surface area contributed by atoms with Gasteiger partial charge in [-0.15, -0.1) is 12.4 Å². The molecule has 2 rings (SSSR count). The molecule has 2 nitrogen and oxygen atoms in total. The van der Waals surface area contributed by atoms with Crippen molar-refractivity contribution in [2.24, 2.45) is 0 Å². The summed E-state index contributed by atoms with van der Waals surface area (Å²) in [5.41, 5.74) is 2.49. The Kier molecular flexibility index (Phi) is 5.69. The summed E-state index contributed by atoms with van der Waals surface area (Å²) >= 11 is 0. The Bertz CT molecular complexity index is 456. The second-order valence-corrected chi connectivity index (χ2v) is 4.12. The van der Waals surface area contributed by atoms with Gasteiger partial charge in [0.2, 0.25) is 0 Å². The van der Waals surface area contributed by atoms with Crippen molar-refractivity contribution >= 4 is 12.4 Å². The summed E-state index contributed by atoms with van der Waals surface area (Å²) in [6.07, 6.45) is 0.947. The third-order valence-corrected chi connectivity index (χ3v) is 2.93. The highest BCUT2D eigenvalue weighted by Crippen LogP contribution is 2.20. The van der Waals surface area contributed by atoms with Crippen LogP contribution in [0.2, 0.25) is 0 Å². The molecule has 1 unspecified atom stereocenters. The predicted molar refractivity (Wildman–Crippen MR) is 77.3 cm³/mol. The summed E-state index contributed by atoms with van der Waals surface area (Å²) < 4.78 is 0. The number of benzene rings is 2. The van der Waals surface area contributed by atoms with Gasteiger partial charge in [-0.25, -0.2) is 0 Å². The van der Waals surface area contributed by atoms with E-state index >= 15 is 0 Å². The largest absolute Gasteiger partial charge is 0.508 e. The molecule has 18 heavy (non-hydrogen) atoms. The van der Waals surface area contributed by atoms with Crippen molar-refractivity contribution in [1.29, 1.82) is 0 Å². The van der Waals surface area contributed by atoms with Crippen molar-refractivity contribution in [1.82, 2.24) is 5.32 Å². The second kappa shape index (κ2) is 7.04. The first-order valence-electron chi connectivity index (χ1n) is 5.79. The smallest absolute Gasteiger partial charge is 0.115 e. The Hall–Kier alpha value is -1.51.